The summed E-state index contributed by atoms with van der Waals surface area (Å²) in [5.74, 6) is 1.01. The molecule has 3 heteroatoms. The first kappa shape index (κ1) is 15.0. The SMILES string of the molecule is CCCC(O)(CCC)Cc1nc2ccccc2n1CC. The lowest BCUT2D eigenvalue weighted by atomic mass is 9.89. The van der Waals surface area contributed by atoms with E-state index in [-0.39, 0.29) is 0 Å². The van der Waals surface area contributed by atoms with E-state index < -0.39 is 5.60 Å². The van der Waals surface area contributed by atoms with Crippen LogP contribution in [0, 0.1) is 0 Å². The maximum absolute atomic E-state index is 10.9. The summed E-state index contributed by atoms with van der Waals surface area (Å²) < 4.78 is 2.23. The van der Waals surface area contributed by atoms with Gasteiger partial charge in [-0.3, -0.25) is 0 Å². The highest BCUT2D eigenvalue weighted by Crippen LogP contribution is 2.26. The van der Waals surface area contributed by atoms with Crippen molar-refractivity contribution in [2.45, 2.75) is 65.0 Å². The van der Waals surface area contributed by atoms with Gasteiger partial charge in [0.2, 0.25) is 0 Å². The number of para-hydroxylation sites is 2. The number of rotatable bonds is 7. The fourth-order valence-corrected chi connectivity index (χ4v) is 3.14. The Hall–Kier alpha value is -1.35. The molecule has 2 aromatic rings. The van der Waals surface area contributed by atoms with E-state index in [0.717, 1.165) is 43.6 Å². The van der Waals surface area contributed by atoms with Crippen LogP contribution in [0.25, 0.3) is 11.0 Å². The Morgan fingerprint density at radius 3 is 2.35 bits per heavy atom. The van der Waals surface area contributed by atoms with Crippen LogP contribution in [0.5, 0.6) is 0 Å². The van der Waals surface area contributed by atoms with Gasteiger partial charge in [0.15, 0.2) is 0 Å². The van der Waals surface area contributed by atoms with Gasteiger partial charge in [-0.1, -0.05) is 38.8 Å². The predicted octanol–water partition coefficient (Wildman–Crippen LogP) is 3.93. The molecule has 1 aromatic heterocycles. The highest BCUT2D eigenvalue weighted by molar-refractivity contribution is 5.75. The first-order valence-corrected chi connectivity index (χ1v) is 7.80. The molecule has 0 aliphatic rings. The molecule has 1 heterocycles. The van der Waals surface area contributed by atoms with Crippen LogP contribution in [0.4, 0.5) is 0 Å². The Bertz CT molecular complexity index is 553. The zero-order valence-electron chi connectivity index (χ0n) is 12.9. The van der Waals surface area contributed by atoms with Gasteiger partial charge >= 0.3 is 0 Å². The van der Waals surface area contributed by atoms with Crippen molar-refractivity contribution in [3.05, 3.63) is 30.1 Å². The lowest BCUT2D eigenvalue weighted by molar-refractivity contribution is 0.0192. The molecule has 110 valence electrons. The van der Waals surface area contributed by atoms with Gasteiger partial charge in [0.25, 0.3) is 0 Å². The van der Waals surface area contributed by atoms with E-state index in [9.17, 15) is 5.11 Å². The van der Waals surface area contributed by atoms with Crippen molar-refractivity contribution < 1.29 is 5.11 Å². The third kappa shape index (κ3) is 3.04. The molecule has 20 heavy (non-hydrogen) atoms. The summed E-state index contributed by atoms with van der Waals surface area (Å²) in [6, 6.07) is 8.21. The normalized spacial score (nSPS) is 12.2. The van der Waals surface area contributed by atoms with Crippen LogP contribution >= 0.6 is 0 Å². The van der Waals surface area contributed by atoms with Crippen LogP contribution in [0.1, 0.15) is 52.3 Å². The summed E-state index contributed by atoms with van der Waals surface area (Å²) in [5, 5.41) is 10.9. The number of aliphatic hydroxyl groups is 1. The van der Waals surface area contributed by atoms with E-state index in [1.165, 1.54) is 5.52 Å². The summed E-state index contributed by atoms with van der Waals surface area (Å²) in [4.78, 5) is 4.74. The summed E-state index contributed by atoms with van der Waals surface area (Å²) in [7, 11) is 0. The second-order valence-electron chi connectivity index (χ2n) is 5.66. The molecule has 0 bridgehead atoms. The number of nitrogens with zero attached hydrogens (tertiary/aromatic N) is 2. The lowest BCUT2D eigenvalue weighted by Gasteiger charge is -2.27. The topological polar surface area (TPSA) is 38.1 Å². The van der Waals surface area contributed by atoms with Crippen molar-refractivity contribution in [2.24, 2.45) is 0 Å². The molecule has 3 nitrogen and oxygen atoms in total. The van der Waals surface area contributed by atoms with E-state index in [1.807, 2.05) is 18.2 Å². The molecule has 0 radical (unpaired) electrons. The van der Waals surface area contributed by atoms with Gasteiger partial charge in [-0.15, -0.1) is 0 Å². The molecule has 1 N–H and O–H groups in total. The minimum atomic E-state index is -0.613. The number of aryl methyl sites for hydroxylation is 1. The second-order valence-corrected chi connectivity index (χ2v) is 5.66. The smallest absolute Gasteiger partial charge is 0.112 e. The van der Waals surface area contributed by atoms with E-state index >= 15 is 0 Å². The fourth-order valence-electron chi connectivity index (χ4n) is 3.14. The molecule has 0 unspecified atom stereocenters. The Morgan fingerprint density at radius 1 is 1.10 bits per heavy atom. The lowest BCUT2D eigenvalue weighted by Crippen LogP contribution is -2.32. The van der Waals surface area contributed by atoms with Crippen LogP contribution in [-0.4, -0.2) is 20.3 Å². The third-order valence-electron chi connectivity index (χ3n) is 3.97. The number of fused-ring (bicyclic) bond motifs is 1. The van der Waals surface area contributed by atoms with Crippen molar-refractivity contribution in [2.75, 3.05) is 0 Å². The van der Waals surface area contributed by atoms with Crippen LogP contribution in [-0.2, 0) is 13.0 Å². The average Bonchev–Trinajstić information content (AvgIpc) is 2.75. The Morgan fingerprint density at radius 2 is 1.75 bits per heavy atom. The van der Waals surface area contributed by atoms with Crippen molar-refractivity contribution in [3.8, 4) is 0 Å². The van der Waals surface area contributed by atoms with Gasteiger partial charge in [0, 0.05) is 13.0 Å². The highest BCUT2D eigenvalue weighted by atomic mass is 16.3. The minimum absolute atomic E-state index is 0.613. The summed E-state index contributed by atoms with van der Waals surface area (Å²) in [6.07, 6.45) is 4.34. The first-order chi connectivity index (χ1) is 9.63. The number of hydrogen-bond donors (Lipinski definition) is 1. The molecule has 0 saturated heterocycles. The molecule has 0 spiro atoms. The zero-order chi connectivity index (χ0) is 14.6. The van der Waals surface area contributed by atoms with E-state index in [0.29, 0.717) is 6.42 Å². The van der Waals surface area contributed by atoms with E-state index in [1.54, 1.807) is 0 Å². The van der Waals surface area contributed by atoms with Gasteiger partial charge in [-0.25, -0.2) is 4.98 Å². The number of benzene rings is 1. The van der Waals surface area contributed by atoms with Crippen molar-refractivity contribution in [1.82, 2.24) is 9.55 Å². The van der Waals surface area contributed by atoms with Gasteiger partial charge < -0.3 is 9.67 Å². The van der Waals surface area contributed by atoms with Crippen LogP contribution in [0.3, 0.4) is 0 Å². The Kier molecular flexibility index (Phi) is 4.81. The molecular formula is C17H26N2O. The summed E-state index contributed by atoms with van der Waals surface area (Å²) in [6.45, 7) is 7.29. The number of hydrogen-bond acceptors (Lipinski definition) is 2. The summed E-state index contributed by atoms with van der Waals surface area (Å²) in [5.41, 5.74) is 1.58. The monoisotopic (exact) mass is 274 g/mol. The van der Waals surface area contributed by atoms with E-state index in [4.69, 9.17) is 4.98 Å². The largest absolute Gasteiger partial charge is 0.389 e. The molecule has 0 aliphatic heterocycles. The van der Waals surface area contributed by atoms with Crippen LogP contribution in [0.15, 0.2) is 24.3 Å². The highest BCUT2D eigenvalue weighted by Gasteiger charge is 2.27. The number of aromatic nitrogens is 2. The molecule has 0 amide bonds. The van der Waals surface area contributed by atoms with Crippen molar-refractivity contribution >= 4 is 11.0 Å². The molecule has 0 saturated carbocycles. The predicted molar refractivity (Wildman–Crippen MR) is 83.9 cm³/mol. The maximum atomic E-state index is 10.9. The summed E-state index contributed by atoms with van der Waals surface area (Å²) >= 11 is 0. The van der Waals surface area contributed by atoms with E-state index in [2.05, 4.69) is 31.4 Å². The molecule has 0 aliphatic carbocycles. The maximum Gasteiger partial charge on any atom is 0.112 e. The molecule has 0 atom stereocenters. The average molecular weight is 274 g/mol. The van der Waals surface area contributed by atoms with Crippen molar-refractivity contribution in [1.29, 1.82) is 0 Å². The minimum Gasteiger partial charge on any atom is -0.389 e. The fraction of sp³-hybridized carbons (Fsp3) is 0.588. The van der Waals surface area contributed by atoms with Gasteiger partial charge in [-0.05, 0) is 31.9 Å². The zero-order valence-corrected chi connectivity index (χ0v) is 12.9. The van der Waals surface area contributed by atoms with Crippen molar-refractivity contribution in [3.63, 3.8) is 0 Å². The van der Waals surface area contributed by atoms with Gasteiger partial charge in [-0.2, -0.15) is 0 Å². The Labute approximate surface area is 121 Å². The molecular weight excluding hydrogens is 248 g/mol. The van der Waals surface area contributed by atoms with Crippen LogP contribution < -0.4 is 0 Å². The van der Waals surface area contributed by atoms with Gasteiger partial charge in [0.05, 0.1) is 16.6 Å². The molecule has 1 aromatic carbocycles. The van der Waals surface area contributed by atoms with Gasteiger partial charge in [0.1, 0.15) is 5.82 Å². The molecule has 2 rings (SSSR count). The third-order valence-corrected chi connectivity index (χ3v) is 3.97. The number of imidazole rings is 1. The standard InChI is InChI=1S/C17H26N2O/c1-4-11-17(20,12-5-2)13-16-18-14-9-7-8-10-15(14)19(16)6-3/h7-10,20H,4-6,11-13H2,1-3H3. The van der Waals surface area contributed by atoms with Crippen LogP contribution in [0.2, 0.25) is 0 Å². The Balaban J connectivity index is 2.36. The first-order valence-electron chi connectivity index (χ1n) is 7.80. The quantitative estimate of drug-likeness (QED) is 0.830. The second kappa shape index (κ2) is 6.40. The molecule has 0 fully saturated rings.